The highest BCUT2D eigenvalue weighted by atomic mass is 35.5. The van der Waals surface area contributed by atoms with Gasteiger partial charge in [0.1, 0.15) is 5.75 Å². The van der Waals surface area contributed by atoms with E-state index in [1.807, 2.05) is 36.4 Å². The Hall–Kier alpha value is -2.74. The molecule has 0 spiro atoms. The number of anilines is 1. The minimum Gasteiger partial charge on any atom is -0.494 e. The first kappa shape index (κ1) is 33.6. The van der Waals surface area contributed by atoms with Crippen LogP contribution in [0.1, 0.15) is 89.0 Å². The first-order valence-corrected chi connectivity index (χ1v) is 17.6. The van der Waals surface area contributed by atoms with Crippen molar-refractivity contribution in [2.24, 2.45) is 0 Å². The second kappa shape index (κ2) is 16.7. The Balaban J connectivity index is 1.19. The van der Waals surface area contributed by atoms with Gasteiger partial charge in [0.15, 0.2) is 6.73 Å². The molecule has 1 atom stereocenters. The van der Waals surface area contributed by atoms with Crippen molar-refractivity contribution in [2.45, 2.75) is 90.2 Å². The van der Waals surface area contributed by atoms with Gasteiger partial charge >= 0.3 is 5.97 Å². The van der Waals surface area contributed by atoms with Crippen molar-refractivity contribution in [2.75, 3.05) is 44.2 Å². The van der Waals surface area contributed by atoms with Crippen LogP contribution < -0.4 is 15.2 Å². The number of hydrogen-bond donors (Lipinski definition) is 0. The van der Waals surface area contributed by atoms with Crippen LogP contribution in [-0.2, 0) is 16.3 Å². The summed E-state index contributed by atoms with van der Waals surface area (Å²) in [5.74, 6) is 0.691. The number of carbonyl (C=O) groups is 1. The third kappa shape index (κ3) is 8.96. The number of fused-ring (bicyclic) bond motifs is 4. The zero-order valence-electron chi connectivity index (χ0n) is 26.6. The number of carbonyl (C=O) groups excluding carboxylic acids is 1. The van der Waals surface area contributed by atoms with Crippen LogP contribution in [0.15, 0.2) is 47.3 Å². The third-order valence-electron chi connectivity index (χ3n) is 9.24. The van der Waals surface area contributed by atoms with Crippen molar-refractivity contribution in [3.05, 3.63) is 68.4 Å². The molecule has 0 N–H and O–H groups in total. The third-order valence-corrected chi connectivity index (χ3v) is 10.1. The fourth-order valence-corrected chi connectivity index (χ4v) is 7.08. The number of ether oxygens (including phenoxy) is 2. The van der Waals surface area contributed by atoms with E-state index in [1.165, 1.54) is 0 Å². The number of cyclic esters (lactones) is 1. The molecule has 2 aliphatic rings. The Morgan fingerprint density at radius 3 is 2.56 bits per heavy atom. The van der Waals surface area contributed by atoms with Crippen molar-refractivity contribution in [3.8, 4) is 5.75 Å². The van der Waals surface area contributed by atoms with Gasteiger partial charge in [0.25, 0.3) is 5.56 Å². The SMILES string of the molecule is CCCC1CCCCCCCC(=O)OCn2c(=O)c1cc1ccc(OCCCCN3CCN(c4cccc(Cl)c4Cl)CC3)cc12. The monoisotopic (exact) mass is 655 g/mol. The normalized spacial score (nSPS) is 18.9. The van der Waals surface area contributed by atoms with Crippen LogP contribution in [0.3, 0.4) is 0 Å². The predicted octanol–water partition coefficient (Wildman–Crippen LogP) is 8.42. The van der Waals surface area contributed by atoms with Crippen molar-refractivity contribution < 1.29 is 14.3 Å². The summed E-state index contributed by atoms with van der Waals surface area (Å²) in [6.45, 7) is 7.53. The smallest absolute Gasteiger partial charge is 0.307 e. The van der Waals surface area contributed by atoms with E-state index >= 15 is 0 Å². The maximum Gasteiger partial charge on any atom is 0.307 e. The largest absolute Gasteiger partial charge is 0.494 e. The lowest BCUT2D eigenvalue weighted by atomic mass is 9.89. The zero-order chi connectivity index (χ0) is 31.6. The number of aromatic nitrogens is 1. The number of halogens is 2. The molecule has 2 aromatic carbocycles. The van der Waals surface area contributed by atoms with Gasteiger partial charge < -0.3 is 14.4 Å². The second-order valence-corrected chi connectivity index (χ2v) is 13.2. The molecule has 0 saturated carbocycles. The number of pyridine rings is 1. The minimum atomic E-state index is -0.246. The first-order chi connectivity index (χ1) is 21.9. The molecule has 1 saturated heterocycles. The van der Waals surface area contributed by atoms with Crippen molar-refractivity contribution in [1.82, 2.24) is 9.47 Å². The summed E-state index contributed by atoms with van der Waals surface area (Å²) in [6, 6.07) is 13.8. The van der Waals surface area contributed by atoms with Gasteiger partial charge in [-0.2, -0.15) is 0 Å². The molecule has 1 aromatic heterocycles. The van der Waals surface area contributed by atoms with E-state index in [1.54, 1.807) is 4.57 Å². The lowest BCUT2D eigenvalue weighted by Crippen LogP contribution is -2.46. The molecule has 45 heavy (non-hydrogen) atoms. The van der Waals surface area contributed by atoms with E-state index in [4.69, 9.17) is 32.7 Å². The molecule has 1 unspecified atom stereocenters. The first-order valence-electron chi connectivity index (χ1n) is 16.8. The zero-order valence-corrected chi connectivity index (χ0v) is 28.1. The standard InChI is InChI=1S/C36H47Cl2N3O4/c1-2-11-27-12-6-4-3-5-7-15-34(42)45-26-41-33-25-29(17-16-28(33)24-30(27)36(41)43)44-23-9-8-18-39-19-21-40(22-20-39)32-14-10-13-31(37)35(32)38/h10,13-14,16-17,24-25,27H,2-9,11-12,15,18-23,26H2,1H3. The highest BCUT2D eigenvalue weighted by molar-refractivity contribution is 6.43. The Kier molecular flexibility index (Phi) is 12.5. The van der Waals surface area contributed by atoms with Gasteiger partial charge in [-0.25, -0.2) is 0 Å². The number of rotatable bonds is 9. The van der Waals surface area contributed by atoms with E-state index in [9.17, 15) is 9.59 Å². The summed E-state index contributed by atoms with van der Waals surface area (Å²) in [6.07, 6.45) is 10.6. The van der Waals surface area contributed by atoms with E-state index in [-0.39, 0.29) is 24.2 Å². The van der Waals surface area contributed by atoms with Crippen LogP contribution >= 0.6 is 23.2 Å². The van der Waals surface area contributed by atoms with Gasteiger partial charge in [-0.1, -0.05) is 68.3 Å². The molecule has 0 radical (unpaired) electrons. The Morgan fingerprint density at radius 1 is 0.933 bits per heavy atom. The summed E-state index contributed by atoms with van der Waals surface area (Å²) in [5, 5.41) is 2.19. The molecule has 0 aliphatic carbocycles. The van der Waals surface area contributed by atoms with Crippen molar-refractivity contribution >= 4 is 45.8 Å². The minimum absolute atomic E-state index is 0.0549. The molecule has 1 fully saturated rings. The maximum atomic E-state index is 13.9. The van der Waals surface area contributed by atoms with Gasteiger partial charge in [-0.15, -0.1) is 0 Å². The van der Waals surface area contributed by atoms with Gasteiger partial charge in [-0.05, 0) is 80.3 Å². The molecular formula is C36H47Cl2N3O4. The summed E-state index contributed by atoms with van der Waals surface area (Å²) in [7, 11) is 0. The van der Waals surface area contributed by atoms with Crippen LogP contribution in [0.4, 0.5) is 5.69 Å². The fraction of sp³-hybridized carbons (Fsp3) is 0.556. The molecule has 7 nitrogen and oxygen atoms in total. The number of piperazine rings is 1. The fourth-order valence-electron chi connectivity index (χ4n) is 6.66. The van der Waals surface area contributed by atoms with Crippen molar-refractivity contribution in [1.29, 1.82) is 0 Å². The summed E-state index contributed by atoms with van der Waals surface area (Å²) >= 11 is 12.6. The summed E-state index contributed by atoms with van der Waals surface area (Å²) in [4.78, 5) is 31.1. The number of unbranched alkanes of at least 4 members (excludes halogenated alkanes) is 1. The Bertz CT molecular complexity index is 1490. The van der Waals surface area contributed by atoms with E-state index in [0.29, 0.717) is 23.1 Å². The molecule has 5 rings (SSSR count). The summed E-state index contributed by atoms with van der Waals surface area (Å²) < 4.78 is 13.4. The van der Waals surface area contributed by atoms with E-state index in [0.717, 1.165) is 125 Å². The Labute approximate surface area is 277 Å². The average molecular weight is 657 g/mol. The maximum absolute atomic E-state index is 13.9. The van der Waals surface area contributed by atoms with Crippen LogP contribution in [0.2, 0.25) is 10.0 Å². The molecule has 0 amide bonds. The number of esters is 1. The lowest BCUT2D eigenvalue weighted by Gasteiger charge is -2.36. The molecule has 244 valence electrons. The van der Waals surface area contributed by atoms with Crippen LogP contribution in [0.5, 0.6) is 5.75 Å². The quantitative estimate of drug-likeness (QED) is 0.170. The second-order valence-electron chi connectivity index (χ2n) is 12.4. The highest BCUT2D eigenvalue weighted by Crippen LogP contribution is 2.33. The highest BCUT2D eigenvalue weighted by Gasteiger charge is 2.21. The molecule has 2 aliphatic heterocycles. The van der Waals surface area contributed by atoms with Gasteiger partial charge in [0.2, 0.25) is 0 Å². The Morgan fingerprint density at radius 2 is 1.73 bits per heavy atom. The van der Waals surface area contributed by atoms with E-state index in [2.05, 4.69) is 22.8 Å². The van der Waals surface area contributed by atoms with Gasteiger partial charge in [0.05, 0.1) is 27.9 Å². The molecule has 3 heterocycles. The number of hydrogen-bond acceptors (Lipinski definition) is 6. The molecule has 2 bridgehead atoms. The topological polar surface area (TPSA) is 64.0 Å². The predicted molar refractivity (Wildman–Crippen MR) is 184 cm³/mol. The average Bonchev–Trinajstić information content (AvgIpc) is 3.04. The van der Waals surface area contributed by atoms with Crippen LogP contribution in [0.25, 0.3) is 10.9 Å². The van der Waals surface area contributed by atoms with Crippen LogP contribution in [0, 0.1) is 0 Å². The van der Waals surface area contributed by atoms with E-state index < -0.39 is 0 Å². The van der Waals surface area contributed by atoms with Gasteiger partial charge in [-0.3, -0.25) is 19.1 Å². The molecule has 9 heteroatoms. The lowest BCUT2D eigenvalue weighted by molar-refractivity contribution is -0.147. The van der Waals surface area contributed by atoms with Crippen LogP contribution in [-0.4, -0.2) is 54.8 Å². The number of nitrogens with zero attached hydrogens (tertiary/aromatic N) is 3. The molecular weight excluding hydrogens is 609 g/mol. The van der Waals surface area contributed by atoms with Crippen molar-refractivity contribution in [3.63, 3.8) is 0 Å². The van der Waals surface area contributed by atoms with Gasteiger partial charge in [0, 0.05) is 44.2 Å². The summed E-state index contributed by atoms with van der Waals surface area (Å²) in [5.41, 5.74) is 2.53. The number of benzene rings is 2. The molecule has 3 aromatic rings.